The summed E-state index contributed by atoms with van der Waals surface area (Å²) in [5.74, 6) is 3.07. The molecule has 0 aromatic heterocycles. The van der Waals surface area contributed by atoms with Crippen LogP contribution >= 0.6 is 0 Å². The summed E-state index contributed by atoms with van der Waals surface area (Å²) in [5.41, 5.74) is 0. The molecule has 0 atom stereocenters. The van der Waals surface area contributed by atoms with E-state index in [1.54, 1.807) is 0 Å². The Bertz CT molecular complexity index is 297. The highest BCUT2D eigenvalue weighted by Gasteiger charge is 2.22. The quantitative estimate of drug-likeness (QED) is 0.325. The second-order valence-corrected chi connectivity index (χ2v) is 9.18. The smallest absolute Gasteiger partial charge is 0.0575 e. The van der Waals surface area contributed by atoms with Crippen molar-refractivity contribution < 1.29 is 4.74 Å². The number of unbranched alkanes of at least 4 members (excludes halogenated alkanes) is 3. The van der Waals surface area contributed by atoms with Gasteiger partial charge in [-0.05, 0) is 56.3 Å². The Balaban J connectivity index is 1.44. The molecule has 2 aliphatic rings. The molecule has 0 aromatic carbocycles. The van der Waals surface area contributed by atoms with E-state index in [0.29, 0.717) is 6.10 Å². The second-order valence-electron chi connectivity index (χ2n) is 9.18. The Morgan fingerprint density at radius 2 is 1.04 bits per heavy atom. The topological polar surface area (TPSA) is 9.23 Å². The van der Waals surface area contributed by atoms with Crippen molar-refractivity contribution in [3.05, 3.63) is 0 Å². The lowest BCUT2D eigenvalue weighted by atomic mass is 9.78. The normalized spacial score (nSPS) is 30.5. The zero-order valence-electron chi connectivity index (χ0n) is 17.4. The summed E-state index contributed by atoms with van der Waals surface area (Å²) in [6.45, 7) is 5.66. The molecule has 148 valence electrons. The zero-order valence-corrected chi connectivity index (χ0v) is 17.4. The van der Waals surface area contributed by atoms with E-state index in [2.05, 4.69) is 13.8 Å². The zero-order chi connectivity index (χ0) is 17.7. The molecule has 0 amide bonds. The molecule has 1 heteroatoms. The molecule has 0 N–H and O–H groups in total. The molecule has 0 heterocycles. The summed E-state index contributed by atoms with van der Waals surface area (Å²) in [5, 5.41) is 0. The lowest BCUT2D eigenvalue weighted by Crippen LogP contribution is -2.22. The molecule has 0 unspecified atom stereocenters. The molecule has 2 fully saturated rings. The van der Waals surface area contributed by atoms with Crippen LogP contribution < -0.4 is 0 Å². The molecule has 1 nitrogen and oxygen atoms in total. The average Bonchev–Trinajstić information content (AvgIpc) is 2.66. The van der Waals surface area contributed by atoms with E-state index in [4.69, 9.17) is 4.74 Å². The van der Waals surface area contributed by atoms with Crippen LogP contribution in [0.2, 0.25) is 0 Å². The van der Waals surface area contributed by atoms with Gasteiger partial charge >= 0.3 is 0 Å². The van der Waals surface area contributed by atoms with Gasteiger partial charge in [-0.2, -0.15) is 0 Å². The van der Waals surface area contributed by atoms with Crippen molar-refractivity contribution in [1.82, 2.24) is 0 Å². The van der Waals surface area contributed by atoms with Crippen LogP contribution in [0.15, 0.2) is 0 Å². The Morgan fingerprint density at radius 1 is 0.560 bits per heavy atom. The first kappa shape index (κ1) is 21.3. The highest BCUT2D eigenvalue weighted by molar-refractivity contribution is 4.74. The van der Waals surface area contributed by atoms with Crippen molar-refractivity contribution in [3.63, 3.8) is 0 Å². The van der Waals surface area contributed by atoms with Crippen LogP contribution in [-0.2, 0) is 4.74 Å². The van der Waals surface area contributed by atoms with Gasteiger partial charge in [-0.1, -0.05) is 84.5 Å². The molecule has 0 aromatic rings. The molecular formula is C24H46O. The summed E-state index contributed by atoms with van der Waals surface area (Å²) in [6.07, 6.45) is 24.9. The molecule has 2 rings (SSSR count). The predicted octanol–water partition coefficient (Wildman–Crippen LogP) is 7.92. The predicted molar refractivity (Wildman–Crippen MR) is 110 cm³/mol. The first-order valence-corrected chi connectivity index (χ1v) is 11.9. The first-order valence-electron chi connectivity index (χ1n) is 11.9. The van der Waals surface area contributed by atoms with Crippen molar-refractivity contribution in [1.29, 1.82) is 0 Å². The third kappa shape index (κ3) is 8.94. The molecule has 25 heavy (non-hydrogen) atoms. The fourth-order valence-electron chi connectivity index (χ4n) is 5.19. The summed E-state index contributed by atoms with van der Waals surface area (Å²) in [4.78, 5) is 0. The van der Waals surface area contributed by atoms with E-state index in [1.807, 2.05) is 0 Å². The van der Waals surface area contributed by atoms with Crippen LogP contribution in [0.25, 0.3) is 0 Å². The van der Waals surface area contributed by atoms with E-state index in [-0.39, 0.29) is 0 Å². The standard InChI is InChI=1S/C24H46O/c1-3-5-7-10-22-16-18-24(19-17-22)25-20-8-11-23-14-12-21(13-15-23)9-6-4-2/h21-24H,3-20H2,1-2H3/t21-,22?,23-,24?. The lowest BCUT2D eigenvalue weighted by Gasteiger charge is -2.30. The van der Waals surface area contributed by atoms with E-state index in [0.717, 1.165) is 24.4 Å². The maximum absolute atomic E-state index is 6.22. The van der Waals surface area contributed by atoms with Crippen molar-refractivity contribution >= 4 is 0 Å². The van der Waals surface area contributed by atoms with Crippen LogP contribution in [0.3, 0.4) is 0 Å². The van der Waals surface area contributed by atoms with Crippen molar-refractivity contribution in [3.8, 4) is 0 Å². The molecule has 0 spiro atoms. The third-order valence-electron chi connectivity index (χ3n) is 7.05. The molecular weight excluding hydrogens is 304 g/mol. The van der Waals surface area contributed by atoms with Gasteiger partial charge < -0.3 is 4.74 Å². The van der Waals surface area contributed by atoms with Gasteiger partial charge in [0.2, 0.25) is 0 Å². The van der Waals surface area contributed by atoms with Crippen molar-refractivity contribution in [2.45, 2.75) is 129 Å². The lowest BCUT2D eigenvalue weighted by molar-refractivity contribution is 0.0132. The highest BCUT2D eigenvalue weighted by Crippen LogP contribution is 2.34. The van der Waals surface area contributed by atoms with Gasteiger partial charge in [0.1, 0.15) is 0 Å². The van der Waals surface area contributed by atoms with Crippen LogP contribution in [-0.4, -0.2) is 12.7 Å². The molecule has 0 radical (unpaired) electrons. The van der Waals surface area contributed by atoms with Crippen LogP contribution in [0.1, 0.15) is 123 Å². The Labute approximate surface area is 158 Å². The minimum Gasteiger partial charge on any atom is -0.378 e. The Kier molecular flexibility index (Phi) is 11.2. The number of hydrogen-bond acceptors (Lipinski definition) is 1. The first-order chi connectivity index (χ1) is 12.3. The largest absolute Gasteiger partial charge is 0.378 e. The molecule has 0 saturated heterocycles. The molecule has 0 bridgehead atoms. The summed E-state index contributed by atoms with van der Waals surface area (Å²) in [7, 11) is 0. The maximum atomic E-state index is 6.22. The fourth-order valence-corrected chi connectivity index (χ4v) is 5.19. The van der Waals surface area contributed by atoms with Crippen LogP contribution in [0, 0.1) is 17.8 Å². The van der Waals surface area contributed by atoms with Gasteiger partial charge in [0.05, 0.1) is 6.10 Å². The van der Waals surface area contributed by atoms with E-state index < -0.39 is 0 Å². The second kappa shape index (κ2) is 13.2. The minimum absolute atomic E-state index is 0.590. The van der Waals surface area contributed by atoms with E-state index in [9.17, 15) is 0 Å². The van der Waals surface area contributed by atoms with Crippen LogP contribution in [0.5, 0.6) is 0 Å². The number of ether oxygens (including phenoxy) is 1. The average molecular weight is 351 g/mol. The van der Waals surface area contributed by atoms with Gasteiger partial charge in [-0.15, -0.1) is 0 Å². The number of rotatable bonds is 12. The molecule has 2 saturated carbocycles. The number of hydrogen-bond donors (Lipinski definition) is 0. The monoisotopic (exact) mass is 350 g/mol. The SMILES string of the molecule is CCCCCC1CCC(OCCC[C@H]2CC[C@H](CCCC)CC2)CC1. The Hall–Kier alpha value is -0.0400. The van der Waals surface area contributed by atoms with E-state index >= 15 is 0 Å². The van der Waals surface area contributed by atoms with Gasteiger partial charge in [-0.25, -0.2) is 0 Å². The highest BCUT2D eigenvalue weighted by atomic mass is 16.5. The van der Waals surface area contributed by atoms with E-state index in [1.165, 1.54) is 109 Å². The summed E-state index contributed by atoms with van der Waals surface area (Å²) >= 11 is 0. The minimum atomic E-state index is 0.590. The fraction of sp³-hybridized carbons (Fsp3) is 1.00. The van der Waals surface area contributed by atoms with Crippen LogP contribution in [0.4, 0.5) is 0 Å². The van der Waals surface area contributed by atoms with Gasteiger partial charge in [0.15, 0.2) is 0 Å². The van der Waals surface area contributed by atoms with Crippen molar-refractivity contribution in [2.75, 3.05) is 6.61 Å². The van der Waals surface area contributed by atoms with Gasteiger partial charge in [0.25, 0.3) is 0 Å². The molecule has 2 aliphatic carbocycles. The third-order valence-corrected chi connectivity index (χ3v) is 7.05. The maximum Gasteiger partial charge on any atom is 0.0575 e. The summed E-state index contributed by atoms with van der Waals surface area (Å²) < 4.78 is 6.22. The van der Waals surface area contributed by atoms with Gasteiger partial charge in [-0.3, -0.25) is 0 Å². The molecule has 0 aliphatic heterocycles. The summed E-state index contributed by atoms with van der Waals surface area (Å²) in [6, 6.07) is 0. The van der Waals surface area contributed by atoms with Crippen molar-refractivity contribution in [2.24, 2.45) is 17.8 Å². The Morgan fingerprint density at radius 3 is 1.60 bits per heavy atom. The van der Waals surface area contributed by atoms with Gasteiger partial charge in [0, 0.05) is 6.61 Å².